The maximum atomic E-state index is 13.3. The van der Waals surface area contributed by atoms with E-state index in [-0.39, 0.29) is 56.4 Å². The van der Waals surface area contributed by atoms with E-state index in [0.29, 0.717) is 18.5 Å². The van der Waals surface area contributed by atoms with Gasteiger partial charge in [0.15, 0.2) is 0 Å². The van der Waals surface area contributed by atoms with Crippen LogP contribution in [0.2, 0.25) is 0 Å². The summed E-state index contributed by atoms with van der Waals surface area (Å²) in [6.45, 7) is 4.95. The van der Waals surface area contributed by atoms with Gasteiger partial charge in [-0.2, -0.15) is 0 Å². The Kier molecular flexibility index (Phi) is 13.8. The third kappa shape index (κ3) is 10.0. The third-order valence-electron chi connectivity index (χ3n) is 8.79. The number of primary amides is 2. The fraction of sp³-hybridized carbons (Fsp3) is 0.636. The first-order valence-electron chi connectivity index (χ1n) is 16.4. The van der Waals surface area contributed by atoms with Gasteiger partial charge in [0.2, 0.25) is 29.5 Å². The van der Waals surface area contributed by atoms with E-state index < -0.39 is 29.7 Å². The Bertz CT molecular complexity index is 1180. The third-order valence-corrected chi connectivity index (χ3v) is 8.79. The standard InChI is InChI=1S/C33H50N6O6/c1-3-5-7-9-10-12-28(40)39-22-29(41)37(21-27(39)32(44)36-17-11-8-6-4-2)18-23-13-15-24(16-14-23)33(45)38-19-25(30(34)42)26(20-38)31(35)43/h13-16,25-27H,3-12,17-22H2,1-2H3,(H2,34,42)(H2,35,43)(H,36,44)/t25-,26-,27-/m1/s1. The molecule has 0 unspecified atom stereocenters. The van der Waals surface area contributed by atoms with Gasteiger partial charge in [-0.1, -0.05) is 70.9 Å². The Morgan fingerprint density at radius 1 is 0.800 bits per heavy atom. The lowest BCUT2D eigenvalue weighted by atomic mass is 9.95. The Morgan fingerprint density at radius 3 is 1.96 bits per heavy atom. The summed E-state index contributed by atoms with van der Waals surface area (Å²) in [6, 6.07) is 5.93. The van der Waals surface area contributed by atoms with Crippen molar-refractivity contribution in [3.63, 3.8) is 0 Å². The van der Waals surface area contributed by atoms with Crippen molar-refractivity contribution in [1.82, 2.24) is 20.0 Å². The molecule has 2 saturated heterocycles. The average Bonchev–Trinajstić information content (AvgIpc) is 3.48. The van der Waals surface area contributed by atoms with Gasteiger partial charge in [-0.3, -0.25) is 28.8 Å². The summed E-state index contributed by atoms with van der Waals surface area (Å²) in [4.78, 5) is 80.8. The summed E-state index contributed by atoms with van der Waals surface area (Å²) < 4.78 is 0. The van der Waals surface area contributed by atoms with E-state index in [9.17, 15) is 28.8 Å². The zero-order valence-electron chi connectivity index (χ0n) is 26.8. The molecule has 12 nitrogen and oxygen atoms in total. The van der Waals surface area contributed by atoms with Crippen molar-refractivity contribution in [3.05, 3.63) is 35.4 Å². The molecule has 0 bridgehead atoms. The number of nitrogens with two attached hydrogens (primary N) is 2. The number of carbonyl (C=O) groups is 6. The summed E-state index contributed by atoms with van der Waals surface area (Å²) >= 11 is 0. The smallest absolute Gasteiger partial charge is 0.253 e. The molecule has 5 N–H and O–H groups in total. The molecular weight excluding hydrogens is 576 g/mol. The minimum absolute atomic E-state index is 0.0157. The maximum absolute atomic E-state index is 13.3. The number of nitrogens with one attached hydrogen (secondary N) is 1. The van der Waals surface area contributed by atoms with Crippen LogP contribution >= 0.6 is 0 Å². The van der Waals surface area contributed by atoms with E-state index in [2.05, 4.69) is 19.2 Å². The van der Waals surface area contributed by atoms with Gasteiger partial charge in [-0.25, -0.2) is 0 Å². The van der Waals surface area contributed by atoms with Crippen LogP contribution in [0, 0.1) is 11.8 Å². The van der Waals surface area contributed by atoms with Gasteiger partial charge >= 0.3 is 0 Å². The molecule has 3 rings (SSSR count). The number of benzene rings is 1. The topological polar surface area (TPSA) is 176 Å². The summed E-state index contributed by atoms with van der Waals surface area (Å²) in [7, 11) is 0. The highest BCUT2D eigenvalue weighted by Crippen LogP contribution is 2.25. The quantitative estimate of drug-likeness (QED) is 0.223. The molecule has 248 valence electrons. The van der Waals surface area contributed by atoms with Crippen LogP contribution < -0.4 is 16.8 Å². The normalized spacial score (nSPS) is 19.9. The average molecular weight is 627 g/mol. The lowest BCUT2D eigenvalue weighted by molar-refractivity contribution is -0.154. The molecule has 0 radical (unpaired) electrons. The number of carbonyl (C=O) groups excluding carboxylic acids is 6. The highest BCUT2D eigenvalue weighted by atomic mass is 16.2. The fourth-order valence-electron chi connectivity index (χ4n) is 6.01. The second kappa shape index (κ2) is 17.5. The minimum atomic E-state index is -0.829. The van der Waals surface area contributed by atoms with Crippen LogP contribution in [0.5, 0.6) is 0 Å². The first-order chi connectivity index (χ1) is 21.6. The van der Waals surface area contributed by atoms with Crippen molar-refractivity contribution in [3.8, 4) is 0 Å². The molecule has 1 aromatic rings. The predicted octanol–water partition coefficient (Wildman–Crippen LogP) is 1.94. The molecule has 2 heterocycles. The van der Waals surface area contributed by atoms with Crippen LogP contribution in [0.15, 0.2) is 24.3 Å². The monoisotopic (exact) mass is 626 g/mol. The van der Waals surface area contributed by atoms with Crippen LogP contribution in [-0.2, 0) is 30.5 Å². The lowest BCUT2D eigenvalue weighted by Gasteiger charge is -2.40. The Labute approximate surface area is 266 Å². The van der Waals surface area contributed by atoms with Gasteiger partial charge in [0.05, 0.1) is 18.4 Å². The van der Waals surface area contributed by atoms with Gasteiger partial charge < -0.3 is 31.5 Å². The number of likely N-dealkylation sites (tertiary alicyclic amines) is 1. The molecule has 2 fully saturated rings. The van der Waals surface area contributed by atoms with Crippen molar-refractivity contribution in [2.24, 2.45) is 23.3 Å². The summed E-state index contributed by atoms with van der Waals surface area (Å²) in [5, 5.41) is 2.98. The zero-order chi connectivity index (χ0) is 32.9. The number of nitrogens with zero attached hydrogens (tertiary/aromatic N) is 3. The second-order valence-electron chi connectivity index (χ2n) is 12.3. The van der Waals surface area contributed by atoms with Gasteiger partial charge in [-0.05, 0) is 30.5 Å². The zero-order valence-corrected chi connectivity index (χ0v) is 26.8. The summed E-state index contributed by atoms with van der Waals surface area (Å²) in [5.74, 6) is -4.03. The second-order valence-corrected chi connectivity index (χ2v) is 12.3. The van der Waals surface area contributed by atoms with E-state index in [4.69, 9.17) is 11.5 Å². The minimum Gasteiger partial charge on any atom is -0.369 e. The van der Waals surface area contributed by atoms with Crippen LogP contribution in [-0.4, -0.2) is 88.9 Å². The lowest BCUT2D eigenvalue weighted by Crippen LogP contribution is -2.62. The van der Waals surface area contributed by atoms with Gasteiger partial charge in [0, 0.05) is 38.2 Å². The first-order valence-corrected chi connectivity index (χ1v) is 16.4. The SMILES string of the molecule is CCCCCCCC(=O)N1CC(=O)N(Cc2ccc(C(=O)N3C[C@@H](C(N)=O)[C@H](C(N)=O)C3)cc2)C[C@@H]1C(=O)NCCCCCC. The van der Waals surface area contributed by atoms with E-state index in [0.717, 1.165) is 63.4 Å². The fourth-order valence-corrected chi connectivity index (χ4v) is 6.01. The van der Waals surface area contributed by atoms with Crippen LogP contribution in [0.4, 0.5) is 0 Å². The molecule has 2 aliphatic rings. The largest absolute Gasteiger partial charge is 0.369 e. The first kappa shape index (κ1) is 35.5. The molecule has 6 amide bonds. The van der Waals surface area contributed by atoms with E-state index >= 15 is 0 Å². The highest BCUT2D eigenvalue weighted by Gasteiger charge is 2.42. The Hall–Kier alpha value is -3.96. The molecule has 0 spiro atoms. The number of hydrogen-bond donors (Lipinski definition) is 3. The number of hydrogen-bond acceptors (Lipinski definition) is 6. The highest BCUT2D eigenvalue weighted by molar-refractivity contribution is 5.97. The molecule has 1 aromatic carbocycles. The molecule has 0 saturated carbocycles. The maximum Gasteiger partial charge on any atom is 0.253 e. The van der Waals surface area contributed by atoms with E-state index in [1.165, 1.54) is 9.80 Å². The summed E-state index contributed by atoms with van der Waals surface area (Å²) in [6.07, 6.45) is 9.32. The Morgan fingerprint density at radius 2 is 1.38 bits per heavy atom. The molecule has 3 atom stereocenters. The molecule has 0 aromatic heterocycles. The molecule has 45 heavy (non-hydrogen) atoms. The van der Waals surface area contributed by atoms with Crippen molar-refractivity contribution in [2.75, 3.05) is 32.7 Å². The Balaban J connectivity index is 1.65. The van der Waals surface area contributed by atoms with Crippen LogP contribution in [0.3, 0.4) is 0 Å². The molecule has 12 heteroatoms. The van der Waals surface area contributed by atoms with Gasteiger partial charge in [-0.15, -0.1) is 0 Å². The van der Waals surface area contributed by atoms with Crippen LogP contribution in [0.25, 0.3) is 0 Å². The van der Waals surface area contributed by atoms with Crippen LogP contribution in [0.1, 0.15) is 94.0 Å². The number of piperazine rings is 1. The van der Waals surface area contributed by atoms with Crippen molar-refractivity contribution < 1.29 is 28.8 Å². The molecular formula is C33H50N6O6. The molecule has 2 aliphatic heterocycles. The predicted molar refractivity (Wildman–Crippen MR) is 169 cm³/mol. The van der Waals surface area contributed by atoms with Crippen molar-refractivity contribution in [2.45, 2.75) is 90.6 Å². The number of rotatable bonds is 17. The van der Waals surface area contributed by atoms with E-state index in [1.54, 1.807) is 29.2 Å². The summed E-state index contributed by atoms with van der Waals surface area (Å²) in [5.41, 5.74) is 11.9. The number of amides is 6. The van der Waals surface area contributed by atoms with Gasteiger partial charge in [0.1, 0.15) is 12.6 Å². The van der Waals surface area contributed by atoms with Gasteiger partial charge in [0.25, 0.3) is 5.91 Å². The van der Waals surface area contributed by atoms with Crippen molar-refractivity contribution >= 4 is 35.4 Å². The number of unbranched alkanes of at least 4 members (excludes halogenated alkanes) is 7. The molecule has 0 aliphatic carbocycles. The van der Waals surface area contributed by atoms with Crippen molar-refractivity contribution in [1.29, 1.82) is 0 Å². The van der Waals surface area contributed by atoms with E-state index in [1.807, 2.05) is 0 Å².